The Morgan fingerprint density at radius 1 is 0.561 bits per heavy atom. The van der Waals surface area contributed by atoms with E-state index in [1.165, 1.54) is 25.8 Å². The minimum Gasteiger partial charge on any atom is -0.211 e. The fraction of sp³-hybridized carbons (Fsp3) is 0.143. The summed E-state index contributed by atoms with van der Waals surface area (Å²) in [7, 11) is 0. The van der Waals surface area contributed by atoms with Gasteiger partial charge < -0.3 is 0 Å². The SMILES string of the molecule is CC(C)/C=C\C1=CC(C)(C)c2ccc(-c3nc(-c4ccccc4)nc(-c4cccc(-c5nc(-c6ccccc6)nc(C6C=Cc7ccccc7S6)n5)c4)n3)cc2S1. The number of thioether (sulfide) groups is 2. The Hall–Kier alpha value is -5.96. The zero-order valence-corrected chi connectivity index (χ0v) is 33.8. The quantitative estimate of drug-likeness (QED) is 0.151. The minimum absolute atomic E-state index is 0.0648. The van der Waals surface area contributed by atoms with Crippen LogP contribution in [-0.4, -0.2) is 29.9 Å². The van der Waals surface area contributed by atoms with Gasteiger partial charge >= 0.3 is 0 Å². The monoisotopic (exact) mass is 776 g/mol. The first-order valence-corrected chi connectivity index (χ1v) is 20.9. The van der Waals surface area contributed by atoms with Crippen LogP contribution in [0.2, 0.25) is 0 Å². The lowest BCUT2D eigenvalue weighted by Crippen LogP contribution is -2.18. The van der Waals surface area contributed by atoms with E-state index in [0.29, 0.717) is 40.9 Å². The summed E-state index contributed by atoms with van der Waals surface area (Å²) in [5.41, 5.74) is 6.88. The molecule has 57 heavy (non-hydrogen) atoms. The first-order chi connectivity index (χ1) is 27.8. The third-order valence-electron chi connectivity index (χ3n) is 9.92. The van der Waals surface area contributed by atoms with Crippen LogP contribution in [-0.2, 0) is 5.41 Å². The van der Waals surface area contributed by atoms with Gasteiger partial charge in [-0.2, -0.15) is 0 Å². The molecule has 1 atom stereocenters. The van der Waals surface area contributed by atoms with Crippen LogP contribution in [0.5, 0.6) is 0 Å². The van der Waals surface area contributed by atoms with Crippen molar-refractivity contribution in [1.29, 1.82) is 0 Å². The molecule has 2 aliphatic rings. The highest BCUT2D eigenvalue weighted by molar-refractivity contribution is 8.03. The van der Waals surface area contributed by atoms with E-state index < -0.39 is 0 Å². The van der Waals surface area contributed by atoms with Gasteiger partial charge in [-0.1, -0.05) is 179 Å². The summed E-state index contributed by atoms with van der Waals surface area (Å²) < 4.78 is 0. The van der Waals surface area contributed by atoms with Gasteiger partial charge in [0.1, 0.15) is 0 Å². The molecule has 2 aromatic heterocycles. The van der Waals surface area contributed by atoms with Crippen LogP contribution in [0.15, 0.2) is 166 Å². The Kier molecular flexibility index (Phi) is 9.99. The van der Waals surface area contributed by atoms with Gasteiger partial charge in [-0.15, -0.1) is 11.8 Å². The fourth-order valence-electron chi connectivity index (χ4n) is 6.98. The lowest BCUT2D eigenvalue weighted by Gasteiger charge is -2.30. The molecule has 0 fully saturated rings. The molecule has 2 aliphatic heterocycles. The van der Waals surface area contributed by atoms with E-state index in [1.807, 2.05) is 78.9 Å². The van der Waals surface area contributed by atoms with Crippen LogP contribution < -0.4 is 0 Å². The van der Waals surface area contributed by atoms with E-state index in [-0.39, 0.29) is 10.7 Å². The van der Waals surface area contributed by atoms with E-state index in [4.69, 9.17) is 29.9 Å². The van der Waals surface area contributed by atoms with Crippen molar-refractivity contribution >= 4 is 29.6 Å². The highest BCUT2D eigenvalue weighted by Crippen LogP contribution is 2.46. The van der Waals surface area contributed by atoms with Gasteiger partial charge in [-0.3, -0.25) is 0 Å². The fourth-order valence-corrected chi connectivity index (χ4v) is 9.43. The molecule has 0 N–H and O–H groups in total. The molecule has 0 aliphatic carbocycles. The molecule has 0 bridgehead atoms. The lowest BCUT2D eigenvalue weighted by molar-refractivity contribution is 0.650. The van der Waals surface area contributed by atoms with Gasteiger partial charge in [-0.25, -0.2) is 29.9 Å². The Bertz CT molecular complexity index is 2700. The minimum atomic E-state index is -0.110. The molecule has 0 saturated heterocycles. The number of allylic oxidation sites excluding steroid dienone is 3. The van der Waals surface area contributed by atoms with E-state index in [0.717, 1.165) is 27.8 Å². The predicted octanol–water partition coefficient (Wildman–Crippen LogP) is 12.7. The molecule has 5 aromatic carbocycles. The van der Waals surface area contributed by atoms with Crippen LogP contribution in [0.3, 0.4) is 0 Å². The normalized spacial score (nSPS) is 15.7. The van der Waals surface area contributed by atoms with Gasteiger partial charge in [0.15, 0.2) is 34.9 Å². The molecule has 0 saturated carbocycles. The van der Waals surface area contributed by atoms with Crippen LogP contribution in [0.1, 0.15) is 49.9 Å². The summed E-state index contributed by atoms with van der Waals surface area (Å²) in [5.74, 6) is 4.22. The van der Waals surface area contributed by atoms with Crippen LogP contribution in [0, 0.1) is 5.92 Å². The van der Waals surface area contributed by atoms with Gasteiger partial charge in [0.2, 0.25) is 0 Å². The van der Waals surface area contributed by atoms with Crippen molar-refractivity contribution in [2.45, 2.75) is 48.2 Å². The van der Waals surface area contributed by atoms with Crippen molar-refractivity contribution in [2.75, 3.05) is 0 Å². The molecule has 0 spiro atoms. The molecule has 9 rings (SSSR count). The van der Waals surface area contributed by atoms with E-state index in [9.17, 15) is 0 Å². The molecule has 4 heterocycles. The standard InChI is InChI=1S/C49H40N6S2/c1-31(2)22-25-38-30-49(3,4)39-26-23-37(29-42(39)56-38)47-51-43(33-15-7-5-8-16-33)50-45(53-47)35-19-13-20-36(28-35)46-52-44(34-17-9-6-10-18-34)54-48(55-46)41-27-24-32-14-11-12-21-40(32)57-41/h5-31,41H,1-4H3/b25-22-. The van der Waals surface area contributed by atoms with E-state index >= 15 is 0 Å². The second kappa shape index (κ2) is 15.5. The molecule has 0 radical (unpaired) electrons. The summed E-state index contributed by atoms with van der Waals surface area (Å²) in [5, 5.41) is -0.0648. The number of benzene rings is 5. The van der Waals surface area contributed by atoms with Gasteiger partial charge in [0.25, 0.3) is 0 Å². The average Bonchev–Trinajstić information content (AvgIpc) is 3.25. The van der Waals surface area contributed by atoms with E-state index in [2.05, 4.69) is 107 Å². The highest BCUT2D eigenvalue weighted by atomic mass is 32.2. The summed E-state index contributed by atoms with van der Waals surface area (Å²) >= 11 is 3.55. The Balaban J connectivity index is 1.13. The van der Waals surface area contributed by atoms with Gasteiger partial charge in [-0.05, 0) is 35.2 Å². The lowest BCUT2D eigenvalue weighted by atomic mass is 9.83. The maximum Gasteiger partial charge on any atom is 0.164 e. The zero-order chi connectivity index (χ0) is 38.9. The van der Waals surface area contributed by atoms with Gasteiger partial charge in [0.05, 0.1) is 5.25 Å². The maximum absolute atomic E-state index is 5.15. The smallest absolute Gasteiger partial charge is 0.164 e. The summed E-state index contributed by atoms with van der Waals surface area (Å²) in [6, 6.07) is 43.4. The molecular formula is C49H40N6S2. The Morgan fingerprint density at radius 2 is 1.11 bits per heavy atom. The molecular weight excluding hydrogens is 737 g/mol. The highest BCUT2D eigenvalue weighted by Gasteiger charge is 2.28. The van der Waals surface area contributed by atoms with Crippen molar-refractivity contribution in [1.82, 2.24) is 29.9 Å². The summed E-state index contributed by atoms with van der Waals surface area (Å²) in [6.07, 6.45) is 11.2. The van der Waals surface area contributed by atoms with Crippen molar-refractivity contribution in [3.63, 3.8) is 0 Å². The Labute approximate surface area is 342 Å². The number of nitrogens with zero attached hydrogens (tertiary/aromatic N) is 6. The van der Waals surface area contributed by atoms with Crippen molar-refractivity contribution in [3.8, 4) is 56.9 Å². The molecule has 6 nitrogen and oxygen atoms in total. The molecule has 8 heteroatoms. The van der Waals surface area contributed by atoms with Crippen molar-refractivity contribution < 1.29 is 0 Å². The first kappa shape index (κ1) is 36.7. The van der Waals surface area contributed by atoms with Crippen LogP contribution in [0.25, 0.3) is 63.0 Å². The predicted molar refractivity (Wildman–Crippen MR) is 235 cm³/mol. The second-order valence-corrected chi connectivity index (χ2v) is 17.4. The molecule has 7 aromatic rings. The number of fused-ring (bicyclic) bond motifs is 2. The van der Waals surface area contributed by atoms with Gasteiger partial charge in [0, 0.05) is 47.9 Å². The number of aromatic nitrogens is 6. The topological polar surface area (TPSA) is 77.3 Å². The Morgan fingerprint density at radius 3 is 1.75 bits per heavy atom. The summed E-state index contributed by atoms with van der Waals surface area (Å²) in [6.45, 7) is 8.96. The average molecular weight is 777 g/mol. The van der Waals surface area contributed by atoms with Crippen LogP contribution in [0.4, 0.5) is 0 Å². The number of hydrogen-bond donors (Lipinski definition) is 0. The molecule has 0 amide bonds. The zero-order valence-electron chi connectivity index (χ0n) is 32.2. The van der Waals surface area contributed by atoms with E-state index in [1.54, 1.807) is 23.5 Å². The largest absolute Gasteiger partial charge is 0.211 e. The van der Waals surface area contributed by atoms with Crippen LogP contribution >= 0.6 is 23.5 Å². The molecule has 278 valence electrons. The third kappa shape index (κ3) is 7.88. The number of rotatable bonds is 8. The second-order valence-electron chi connectivity index (χ2n) is 15.1. The third-order valence-corrected chi connectivity index (χ3v) is 12.2. The van der Waals surface area contributed by atoms with Crippen molar-refractivity contribution in [3.05, 3.63) is 174 Å². The first-order valence-electron chi connectivity index (χ1n) is 19.2. The summed E-state index contributed by atoms with van der Waals surface area (Å²) in [4.78, 5) is 34.1. The number of hydrogen-bond acceptors (Lipinski definition) is 8. The molecule has 1 unspecified atom stereocenters. The van der Waals surface area contributed by atoms with Crippen molar-refractivity contribution in [2.24, 2.45) is 5.92 Å². The maximum atomic E-state index is 5.15.